The first-order chi connectivity index (χ1) is 10.6. The van der Waals surface area contributed by atoms with Crippen LogP contribution >= 0.6 is 11.6 Å². The molecule has 0 aliphatic heterocycles. The van der Waals surface area contributed by atoms with Crippen LogP contribution in [0.3, 0.4) is 0 Å². The number of aromatic nitrogens is 3. The lowest BCUT2D eigenvalue weighted by molar-refractivity contribution is 0.277. The number of aliphatic hydroxyl groups excluding tert-OH is 1. The van der Waals surface area contributed by atoms with Crippen LogP contribution in [0.5, 0.6) is 0 Å². The minimum Gasteiger partial charge on any atom is -0.390 e. The predicted molar refractivity (Wildman–Crippen MR) is 87.2 cm³/mol. The summed E-state index contributed by atoms with van der Waals surface area (Å²) in [4.78, 5) is 0. The number of aryl methyl sites for hydroxylation is 2. The SMILES string of the molecule is Cc1ccc(-n2nnc(CO)c2-c2ccccc2Cl)c(C)c1. The molecule has 0 aliphatic carbocycles. The van der Waals surface area contributed by atoms with Gasteiger partial charge in [-0.15, -0.1) is 5.10 Å². The molecule has 0 spiro atoms. The van der Waals surface area contributed by atoms with Crippen LogP contribution in [-0.4, -0.2) is 20.1 Å². The molecule has 22 heavy (non-hydrogen) atoms. The Morgan fingerprint density at radius 3 is 2.59 bits per heavy atom. The first kappa shape index (κ1) is 14.8. The zero-order valence-corrected chi connectivity index (χ0v) is 13.2. The van der Waals surface area contributed by atoms with Gasteiger partial charge in [-0.3, -0.25) is 0 Å². The Morgan fingerprint density at radius 1 is 1.14 bits per heavy atom. The predicted octanol–water partition coefficient (Wildman–Crippen LogP) is 3.70. The van der Waals surface area contributed by atoms with Crippen LogP contribution in [0.15, 0.2) is 42.5 Å². The monoisotopic (exact) mass is 313 g/mol. The topological polar surface area (TPSA) is 50.9 Å². The Hall–Kier alpha value is -2.17. The molecule has 0 fully saturated rings. The third-order valence-electron chi connectivity index (χ3n) is 3.60. The van der Waals surface area contributed by atoms with Crippen molar-refractivity contribution in [3.63, 3.8) is 0 Å². The highest BCUT2D eigenvalue weighted by Crippen LogP contribution is 2.32. The van der Waals surface area contributed by atoms with Gasteiger partial charge in [0.1, 0.15) is 11.4 Å². The van der Waals surface area contributed by atoms with E-state index >= 15 is 0 Å². The molecule has 1 heterocycles. The average Bonchev–Trinajstić information content (AvgIpc) is 2.91. The van der Waals surface area contributed by atoms with E-state index in [0.29, 0.717) is 10.7 Å². The summed E-state index contributed by atoms with van der Waals surface area (Å²) in [6.07, 6.45) is 0. The molecule has 2 aromatic carbocycles. The molecule has 0 saturated heterocycles. The maximum Gasteiger partial charge on any atom is 0.117 e. The molecule has 3 rings (SSSR count). The Balaban J connectivity index is 2.26. The van der Waals surface area contributed by atoms with Gasteiger partial charge in [-0.2, -0.15) is 0 Å². The van der Waals surface area contributed by atoms with E-state index < -0.39 is 0 Å². The van der Waals surface area contributed by atoms with Crippen molar-refractivity contribution in [2.45, 2.75) is 20.5 Å². The summed E-state index contributed by atoms with van der Waals surface area (Å²) < 4.78 is 1.74. The van der Waals surface area contributed by atoms with Crippen LogP contribution < -0.4 is 0 Å². The first-order valence-corrected chi connectivity index (χ1v) is 7.37. The summed E-state index contributed by atoms with van der Waals surface area (Å²) >= 11 is 6.32. The van der Waals surface area contributed by atoms with Crippen LogP contribution in [0, 0.1) is 13.8 Å². The smallest absolute Gasteiger partial charge is 0.117 e. The lowest BCUT2D eigenvalue weighted by atomic mass is 10.1. The third kappa shape index (κ3) is 2.51. The van der Waals surface area contributed by atoms with Gasteiger partial charge in [0.25, 0.3) is 0 Å². The van der Waals surface area contributed by atoms with Crippen molar-refractivity contribution in [1.29, 1.82) is 0 Å². The number of benzene rings is 2. The van der Waals surface area contributed by atoms with E-state index in [1.807, 2.05) is 50.2 Å². The maximum atomic E-state index is 9.59. The molecule has 1 aromatic heterocycles. The number of nitrogens with zero attached hydrogens (tertiary/aromatic N) is 3. The molecule has 0 bridgehead atoms. The van der Waals surface area contributed by atoms with E-state index in [4.69, 9.17) is 11.6 Å². The summed E-state index contributed by atoms with van der Waals surface area (Å²) in [5, 5.41) is 18.5. The maximum absolute atomic E-state index is 9.59. The fraction of sp³-hybridized carbons (Fsp3) is 0.176. The minimum atomic E-state index is -0.189. The number of aliphatic hydroxyl groups is 1. The lowest BCUT2D eigenvalue weighted by Crippen LogP contribution is -2.03. The molecule has 4 nitrogen and oxygen atoms in total. The fourth-order valence-electron chi connectivity index (χ4n) is 2.55. The molecule has 112 valence electrons. The molecule has 0 saturated carbocycles. The molecule has 0 aliphatic rings. The Kier molecular flexibility index (Phi) is 3.96. The Morgan fingerprint density at radius 2 is 1.91 bits per heavy atom. The Bertz CT molecular complexity index is 827. The van der Waals surface area contributed by atoms with Crippen molar-refractivity contribution in [2.24, 2.45) is 0 Å². The third-order valence-corrected chi connectivity index (χ3v) is 3.93. The van der Waals surface area contributed by atoms with E-state index in [-0.39, 0.29) is 6.61 Å². The fourth-order valence-corrected chi connectivity index (χ4v) is 2.78. The molecule has 5 heteroatoms. The van der Waals surface area contributed by atoms with Crippen LogP contribution in [0.4, 0.5) is 0 Å². The van der Waals surface area contributed by atoms with E-state index in [0.717, 1.165) is 22.5 Å². The largest absolute Gasteiger partial charge is 0.390 e. The summed E-state index contributed by atoms with van der Waals surface area (Å²) in [5.74, 6) is 0. The highest BCUT2D eigenvalue weighted by molar-refractivity contribution is 6.33. The van der Waals surface area contributed by atoms with Crippen molar-refractivity contribution in [3.8, 4) is 16.9 Å². The second-order valence-corrected chi connectivity index (χ2v) is 5.63. The van der Waals surface area contributed by atoms with Gasteiger partial charge < -0.3 is 5.11 Å². The highest BCUT2D eigenvalue weighted by Gasteiger charge is 2.18. The number of halogens is 1. The molecule has 0 radical (unpaired) electrons. The van der Waals surface area contributed by atoms with Crippen LogP contribution in [0.25, 0.3) is 16.9 Å². The molecular formula is C17H16ClN3O. The second kappa shape index (κ2) is 5.91. The van der Waals surface area contributed by atoms with E-state index in [1.54, 1.807) is 4.68 Å². The number of hydrogen-bond acceptors (Lipinski definition) is 3. The van der Waals surface area contributed by atoms with Gasteiger partial charge >= 0.3 is 0 Å². The van der Waals surface area contributed by atoms with Crippen molar-refractivity contribution in [2.75, 3.05) is 0 Å². The normalized spacial score (nSPS) is 10.9. The van der Waals surface area contributed by atoms with E-state index in [9.17, 15) is 5.11 Å². The van der Waals surface area contributed by atoms with Crippen LogP contribution in [-0.2, 0) is 6.61 Å². The van der Waals surface area contributed by atoms with Crippen molar-refractivity contribution in [3.05, 3.63) is 64.3 Å². The van der Waals surface area contributed by atoms with Gasteiger partial charge in [0.05, 0.1) is 17.3 Å². The van der Waals surface area contributed by atoms with Gasteiger partial charge in [-0.05, 0) is 31.5 Å². The molecule has 0 amide bonds. The first-order valence-electron chi connectivity index (χ1n) is 6.99. The van der Waals surface area contributed by atoms with Gasteiger partial charge in [0.2, 0.25) is 0 Å². The summed E-state index contributed by atoms with van der Waals surface area (Å²) in [5.41, 5.74) is 5.23. The summed E-state index contributed by atoms with van der Waals surface area (Å²) in [7, 11) is 0. The van der Waals surface area contributed by atoms with E-state index in [1.165, 1.54) is 5.56 Å². The second-order valence-electron chi connectivity index (χ2n) is 5.22. The van der Waals surface area contributed by atoms with Crippen molar-refractivity contribution >= 4 is 11.6 Å². The number of rotatable bonds is 3. The quantitative estimate of drug-likeness (QED) is 0.802. The van der Waals surface area contributed by atoms with Gasteiger partial charge in [0, 0.05) is 5.56 Å². The highest BCUT2D eigenvalue weighted by atomic mass is 35.5. The standard InChI is InChI=1S/C17H16ClN3O/c1-11-7-8-16(12(2)9-11)21-17(15(10-22)19-20-21)13-5-3-4-6-14(13)18/h3-9,22H,10H2,1-2H3. The zero-order chi connectivity index (χ0) is 15.7. The summed E-state index contributed by atoms with van der Waals surface area (Å²) in [6.45, 7) is 3.89. The van der Waals surface area contributed by atoms with Gasteiger partial charge in [-0.25, -0.2) is 4.68 Å². The minimum absolute atomic E-state index is 0.189. The van der Waals surface area contributed by atoms with Crippen LogP contribution in [0.2, 0.25) is 5.02 Å². The zero-order valence-electron chi connectivity index (χ0n) is 12.4. The van der Waals surface area contributed by atoms with E-state index in [2.05, 4.69) is 16.4 Å². The lowest BCUT2D eigenvalue weighted by Gasteiger charge is -2.12. The molecule has 3 aromatic rings. The molecule has 0 atom stereocenters. The van der Waals surface area contributed by atoms with Gasteiger partial charge in [0.15, 0.2) is 0 Å². The molecular weight excluding hydrogens is 298 g/mol. The van der Waals surface area contributed by atoms with Crippen molar-refractivity contribution in [1.82, 2.24) is 15.0 Å². The Labute approximate surface area is 134 Å². The molecule has 0 unspecified atom stereocenters. The average molecular weight is 314 g/mol. The number of hydrogen-bond donors (Lipinski definition) is 1. The molecule has 1 N–H and O–H groups in total. The summed E-state index contributed by atoms with van der Waals surface area (Å²) in [6, 6.07) is 13.6. The van der Waals surface area contributed by atoms with Crippen molar-refractivity contribution < 1.29 is 5.11 Å². The van der Waals surface area contributed by atoms with Gasteiger partial charge in [-0.1, -0.05) is 52.7 Å². The van der Waals surface area contributed by atoms with Crippen LogP contribution in [0.1, 0.15) is 16.8 Å².